The molecule has 0 fully saturated rings. The molecule has 0 aliphatic carbocycles. The van der Waals surface area contributed by atoms with E-state index in [0.717, 1.165) is 24.7 Å². The maximum Gasteiger partial charge on any atom is 0.175 e. The molecule has 2 heterocycles. The van der Waals surface area contributed by atoms with Crippen LogP contribution in [-0.2, 0) is 7.05 Å². The zero-order chi connectivity index (χ0) is 8.55. The molecule has 1 aliphatic heterocycles. The van der Waals surface area contributed by atoms with Crippen LogP contribution in [0.3, 0.4) is 0 Å². The highest BCUT2D eigenvalue weighted by Crippen LogP contribution is 2.06. The van der Waals surface area contributed by atoms with E-state index in [4.69, 9.17) is 0 Å². The summed E-state index contributed by atoms with van der Waals surface area (Å²) in [5.74, 6) is 1.96. The fraction of sp³-hybridized carbons (Fsp3) is 0.500. The predicted octanol–water partition coefficient (Wildman–Crippen LogP) is 0.112. The topological polar surface area (TPSA) is 33.4 Å². The third-order valence-corrected chi connectivity index (χ3v) is 2.08. The minimum Gasteiger partial charge on any atom is -0.355 e. The Labute approximate surface area is 71.5 Å². The molecule has 1 aliphatic rings. The van der Waals surface area contributed by atoms with Crippen molar-refractivity contribution in [2.24, 2.45) is 12.0 Å². The number of nitrogens with zero attached hydrogens (tertiary/aromatic N) is 4. The highest BCUT2D eigenvalue weighted by molar-refractivity contribution is 5.96. The number of aliphatic imine (C=N–C) groups is 1. The second-order valence-corrected chi connectivity index (χ2v) is 2.99. The van der Waals surface area contributed by atoms with Gasteiger partial charge in [0.2, 0.25) is 0 Å². The van der Waals surface area contributed by atoms with Crippen molar-refractivity contribution in [1.29, 1.82) is 0 Å². The number of imidazole rings is 1. The fourth-order valence-corrected chi connectivity index (χ4v) is 1.36. The summed E-state index contributed by atoms with van der Waals surface area (Å²) in [6, 6.07) is 0. The highest BCUT2D eigenvalue weighted by Gasteiger charge is 2.17. The third kappa shape index (κ3) is 0.995. The Morgan fingerprint density at radius 1 is 1.42 bits per heavy atom. The molecule has 4 heteroatoms. The third-order valence-electron chi connectivity index (χ3n) is 2.08. The van der Waals surface area contributed by atoms with Crippen molar-refractivity contribution in [3.63, 3.8) is 0 Å². The second kappa shape index (κ2) is 2.62. The van der Waals surface area contributed by atoms with Gasteiger partial charge in [-0.2, -0.15) is 0 Å². The lowest BCUT2D eigenvalue weighted by Gasteiger charge is -2.12. The predicted molar refractivity (Wildman–Crippen MR) is 47.2 cm³/mol. The summed E-state index contributed by atoms with van der Waals surface area (Å²) in [7, 11) is 4.03. The van der Waals surface area contributed by atoms with Crippen LogP contribution in [-0.4, -0.2) is 40.4 Å². The van der Waals surface area contributed by atoms with E-state index < -0.39 is 0 Å². The Hall–Kier alpha value is -1.32. The van der Waals surface area contributed by atoms with Crippen molar-refractivity contribution < 1.29 is 0 Å². The Bertz CT molecular complexity index is 313. The maximum atomic E-state index is 4.38. The average molecular weight is 164 g/mol. The number of likely N-dealkylation sites (N-methyl/N-ethyl adjacent to an activating group) is 1. The van der Waals surface area contributed by atoms with E-state index in [9.17, 15) is 0 Å². The molecule has 0 atom stereocenters. The molecule has 0 radical (unpaired) electrons. The van der Waals surface area contributed by atoms with E-state index in [1.54, 1.807) is 6.20 Å². The lowest BCUT2D eigenvalue weighted by atomic mass is 10.5. The standard InChI is InChI=1S/C8H12N4/c1-11-5-3-9-7(11)8-10-4-6-12(8)2/h3,5H,4,6H2,1-2H3. The van der Waals surface area contributed by atoms with Crippen molar-refractivity contribution in [2.75, 3.05) is 20.1 Å². The number of hydrogen-bond acceptors (Lipinski definition) is 3. The van der Waals surface area contributed by atoms with Crippen molar-refractivity contribution in [2.45, 2.75) is 0 Å². The molecule has 0 unspecified atom stereocenters. The molecule has 0 bridgehead atoms. The molecular weight excluding hydrogens is 152 g/mol. The van der Waals surface area contributed by atoms with Crippen molar-refractivity contribution >= 4 is 5.84 Å². The average Bonchev–Trinajstić information content (AvgIpc) is 2.59. The first-order valence-electron chi connectivity index (χ1n) is 4.02. The minimum absolute atomic E-state index is 0.888. The SMILES string of the molecule is CN1CCN=C1c1nccn1C. The lowest BCUT2D eigenvalue weighted by Crippen LogP contribution is -2.25. The summed E-state index contributed by atoms with van der Waals surface area (Å²) >= 11 is 0. The molecule has 12 heavy (non-hydrogen) atoms. The second-order valence-electron chi connectivity index (χ2n) is 2.99. The van der Waals surface area contributed by atoms with Crippen LogP contribution in [0.5, 0.6) is 0 Å². The van der Waals surface area contributed by atoms with Crippen molar-refractivity contribution in [1.82, 2.24) is 14.5 Å². The largest absolute Gasteiger partial charge is 0.355 e. The highest BCUT2D eigenvalue weighted by atomic mass is 15.3. The van der Waals surface area contributed by atoms with Crippen LogP contribution in [0.2, 0.25) is 0 Å². The quantitative estimate of drug-likeness (QED) is 0.590. The van der Waals surface area contributed by atoms with Gasteiger partial charge in [0.05, 0.1) is 6.54 Å². The van der Waals surface area contributed by atoms with E-state index in [-0.39, 0.29) is 0 Å². The summed E-state index contributed by atoms with van der Waals surface area (Å²) in [5, 5.41) is 0. The van der Waals surface area contributed by atoms with E-state index in [2.05, 4.69) is 14.9 Å². The van der Waals surface area contributed by atoms with Crippen LogP contribution in [0.1, 0.15) is 5.82 Å². The van der Waals surface area contributed by atoms with Crippen LogP contribution < -0.4 is 0 Å². The Morgan fingerprint density at radius 2 is 2.25 bits per heavy atom. The zero-order valence-electron chi connectivity index (χ0n) is 7.36. The van der Waals surface area contributed by atoms with Crippen LogP contribution >= 0.6 is 0 Å². The van der Waals surface area contributed by atoms with Gasteiger partial charge in [-0.1, -0.05) is 0 Å². The number of rotatable bonds is 1. The number of aryl methyl sites for hydroxylation is 1. The van der Waals surface area contributed by atoms with Gasteiger partial charge >= 0.3 is 0 Å². The first kappa shape index (κ1) is 7.34. The normalized spacial score (nSPS) is 16.8. The first-order valence-corrected chi connectivity index (χ1v) is 4.02. The number of aromatic nitrogens is 2. The zero-order valence-corrected chi connectivity index (χ0v) is 7.36. The van der Waals surface area contributed by atoms with Gasteiger partial charge in [-0.3, -0.25) is 4.99 Å². The summed E-state index contributed by atoms with van der Waals surface area (Å²) in [5.41, 5.74) is 0. The van der Waals surface area contributed by atoms with Crippen molar-refractivity contribution in [3.05, 3.63) is 18.2 Å². The van der Waals surface area contributed by atoms with Gasteiger partial charge < -0.3 is 9.47 Å². The monoisotopic (exact) mass is 164 g/mol. The molecule has 0 saturated heterocycles. The van der Waals surface area contributed by atoms with E-state index in [1.807, 2.05) is 24.9 Å². The molecule has 64 valence electrons. The minimum atomic E-state index is 0.888. The number of amidine groups is 1. The van der Waals surface area contributed by atoms with Gasteiger partial charge in [-0.25, -0.2) is 4.98 Å². The van der Waals surface area contributed by atoms with Gasteiger partial charge in [0.1, 0.15) is 0 Å². The molecule has 0 amide bonds. The molecule has 1 aromatic heterocycles. The van der Waals surface area contributed by atoms with Gasteiger partial charge in [0.15, 0.2) is 11.7 Å². The van der Waals surface area contributed by atoms with Crippen molar-refractivity contribution in [3.8, 4) is 0 Å². The van der Waals surface area contributed by atoms with Gasteiger partial charge in [0, 0.05) is 33.0 Å². The van der Waals surface area contributed by atoms with Crippen LogP contribution in [0.4, 0.5) is 0 Å². The van der Waals surface area contributed by atoms with Gasteiger partial charge in [-0.05, 0) is 0 Å². The summed E-state index contributed by atoms with van der Waals surface area (Å²) in [4.78, 5) is 10.7. The molecule has 0 N–H and O–H groups in total. The number of hydrogen-bond donors (Lipinski definition) is 0. The first-order chi connectivity index (χ1) is 5.79. The van der Waals surface area contributed by atoms with Gasteiger partial charge in [-0.15, -0.1) is 0 Å². The molecule has 0 aromatic carbocycles. The molecule has 2 rings (SSSR count). The molecule has 0 saturated carbocycles. The van der Waals surface area contributed by atoms with E-state index >= 15 is 0 Å². The smallest absolute Gasteiger partial charge is 0.175 e. The summed E-state index contributed by atoms with van der Waals surface area (Å²) in [6.07, 6.45) is 3.73. The lowest BCUT2D eigenvalue weighted by molar-refractivity contribution is 0.552. The summed E-state index contributed by atoms with van der Waals surface area (Å²) < 4.78 is 1.99. The molecule has 4 nitrogen and oxygen atoms in total. The molecule has 0 spiro atoms. The molecular formula is C8H12N4. The fourth-order valence-electron chi connectivity index (χ4n) is 1.36. The van der Waals surface area contributed by atoms with Gasteiger partial charge in [0.25, 0.3) is 0 Å². The molecule has 1 aromatic rings. The van der Waals surface area contributed by atoms with Crippen LogP contribution in [0, 0.1) is 0 Å². The van der Waals surface area contributed by atoms with E-state index in [1.165, 1.54) is 0 Å². The van der Waals surface area contributed by atoms with Crippen LogP contribution in [0.15, 0.2) is 17.4 Å². The van der Waals surface area contributed by atoms with E-state index in [0.29, 0.717) is 0 Å². The Morgan fingerprint density at radius 3 is 2.75 bits per heavy atom. The Kier molecular flexibility index (Phi) is 1.60. The Balaban J connectivity index is 2.37. The van der Waals surface area contributed by atoms with Crippen LogP contribution in [0.25, 0.3) is 0 Å². The maximum absolute atomic E-state index is 4.38. The summed E-state index contributed by atoms with van der Waals surface area (Å²) in [6.45, 7) is 1.89.